The fraction of sp³-hybridized carbons (Fsp3) is 0.800. The lowest BCUT2D eigenvalue weighted by Crippen LogP contribution is -2.51. The van der Waals surface area contributed by atoms with Gasteiger partial charge in [-0.1, -0.05) is 0 Å². The molecule has 3 aliphatic rings. The second kappa shape index (κ2) is 8.36. The Balaban J connectivity index is 1.26. The number of aromatic nitrogens is 1. The van der Waals surface area contributed by atoms with Crippen LogP contribution in [0.25, 0.3) is 0 Å². The van der Waals surface area contributed by atoms with Crippen molar-refractivity contribution in [3.8, 4) is 0 Å². The third kappa shape index (κ3) is 4.29. The molecular weight excluding hydrogens is 344 g/mol. The van der Waals surface area contributed by atoms with Crippen LogP contribution in [-0.4, -0.2) is 70.9 Å². The van der Waals surface area contributed by atoms with Gasteiger partial charge >= 0.3 is 0 Å². The maximum atomic E-state index is 12.8. The van der Waals surface area contributed by atoms with Gasteiger partial charge in [0.25, 0.3) is 0 Å². The largest absolute Gasteiger partial charge is 0.342 e. The van der Waals surface area contributed by atoms with Crippen molar-refractivity contribution >= 4 is 17.2 Å². The molecule has 0 saturated carbocycles. The van der Waals surface area contributed by atoms with Gasteiger partial charge < -0.3 is 4.90 Å². The smallest absolute Gasteiger partial charge is 0.226 e. The van der Waals surface area contributed by atoms with E-state index in [0.29, 0.717) is 11.9 Å². The van der Waals surface area contributed by atoms with Gasteiger partial charge in [0.2, 0.25) is 5.91 Å². The third-order valence-electron chi connectivity index (χ3n) is 6.32. The van der Waals surface area contributed by atoms with Crippen LogP contribution in [0.5, 0.6) is 0 Å². The Labute approximate surface area is 161 Å². The molecular formula is C20H32N4OS. The molecule has 6 heteroatoms. The van der Waals surface area contributed by atoms with E-state index < -0.39 is 0 Å². The molecule has 0 aromatic carbocycles. The summed E-state index contributed by atoms with van der Waals surface area (Å²) in [6, 6.07) is 0.665. The van der Waals surface area contributed by atoms with Gasteiger partial charge in [0.15, 0.2) is 0 Å². The number of amides is 1. The number of rotatable bonds is 4. The lowest BCUT2D eigenvalue weighted by molar-refractivity contribution is -0.136. The lowest BCUT2D eigenvalue weighted by Gasteiger charge is -2.42. The Bertz CT molecular complexity index is 605. The maximum absolute atomic E-state index is 12.8. The monoisotopic (exact) mass is 376 g/mol. The highest BCUT2D eigenvalue weighted by Gasteiger charge is 2.34. The fourth-order valence-corrected chi connectivity index (χ4v) is 5.66. The van der Waals surface area contributed by atoms with Crippen molar-refractivity contribution in [3.63, 3.8) is 0 Å². The number of carbonyl (C=O) groups excluding carboxylic acids is 1. The summed E-state index contributed by atoms with van der Waals surface area (Å²) in [4.78, 5) is 24.7. The average molecular weight is 377 g/mol. The van der Waals surface area contributed by atoms with Crippen LogP contribution in [-0.2, 0) is 11.3 Å². The summed E-state index contributed by atoms with van der Waals surface area (Å²) < 4.78 is 0. The van der Waals surface area contributed by atoms with Gasteiger partial charge in [-0.3, -0.25) is 14.6 Å². The molecule has 3 saturated heterocycles. The van der Waals surface area contributed by atoms with Crippen LogP contribution in [0.4, 0.5) is 0 Å². The van der Waals surface area contributed by atoms with Gasteiger partial charge in [-0.05, 0) is 52.0 Å². The van der Waals surface area contributed by atoms with Crippen LogP contribution in [0.1, 0.15) is 49.2 Å². The second-order valence-corrected chi connectivity index (χ2v) is 9.20. The highest BCUT2D eigenvalue weighted by atomic mass is 32.1. The topological polar surface area (TPSA) is 39.7 Å². The van der Waals surface area contributed by atoms with E-state index in [4.69, 9.17) is 0 Å². The van der Waals surface area contributed by atoms with Crippen LogP contribution in [0.3, 0.4) is 0 Å². The highest BCUT2D eigenvalue weighted by Crippen LogP contribution is 2.26. The summed E-state index contributed by atoms with van der Waals surface area (Å²) >= 11 is 1.78. The minimum absolute atomic E-state index is 0.248. The van der Waals surface area contributed by atoms with Crippen molar-refractivity contribution in [2.75, 3.05) is 39.3 Å². The summed E-state index contributed by atoms with van der Waals surface area (Å²) in [6.07, 6.45) is 7.12. The number of aryl methyl sites for hydroxylation is 1. The molecule has 1 unspecified atom stereocenters. The summed E-state index contributed by atoms with van der Waals surface area (Å²) in [6.45, 7) is 9.54. The molecule has 1 aromatic rings. The predicted molar refractivity (Wildman–Crippen MR) is 105 cm³/mol. The molecule has 4 heterocycles. The van der Waals surface area contributed by atoms with Crippen molar-refractivity contribution in [1.29, 1.82) is 0 Å². The number of likely N-dealkylation sites (tertiary alicyclic amines) is 3. The minimum atomic E-state index is 0.248. The number of hydrogen-bond donors (Lipinski definition) is 0. The van der Waals surface area contributed by atoms with Gasteiger partial charge in [-0.2, -0.15) is 0 Å². The van der Waals surface area contributed by atoms with Crippen LogP contribution in [0, 0.1) is 12.8 Å². The first-order valence-corrected chi connectivity index (χ1v) is 11.2. The van der Waals surface area contributed by atoms with Gasteiger partial charge in [0.1, 0.15) is 5.01 Å². The van der Waals surface area contributed by atoms with Crippen molar-refractivity contribution in [3.05, 3.63) is 16.1 Å². The van der Waals surface area contributed by atoms with Gasteiger partial charge in [0, 0.05) is 49.8 Å². The third-order valence-corrected chi connectivity index (χ3v) is 7.27. The van der Waals surface area contributed by atoms with E-state index in [1.165, 1.54) is 43.7 Å². The van der Waals surface area contributed by atoms with E-state index >= 15 is 0 Å². The molecule has 4 rings (SSSR count). The second-order valence-electron chi connectivity index (χ2n) is 8.26. The maximum Gasteiger partial charge on any atom is 0.226 e. The van der Waals surface area contributed by atoms with E-state index in [9.17, 15) is 4.79 Å². The number of thiazole rings is 1. The van der Waals surface area contributed by atoms with Crippen molar-refractivity contribution in [1.82, 2.24) is 19.7 Å². The van der Waals surface area contributed by atoms with Gasteiger partial charge in [0.05, 0.1) is 12.5 Å². The molecule has 26 heavy (non-hydrogen) atoms. The fourth-order valence-electron chi connectivity index (χ4n) is 4.84. The zero-order valence-corrected chi connectivity index (χ0v) is 16.8. The molecule has 1 aromatic heterocycles. The molecule has 3 aliphatic heterocycles. The summed E-state index contributed by atoms with van der Waals surface area (Å²) in [5, 5.41) is 3.39. The first-order valence-electron chi connectivity index (χ1n) is 10.4. The quantitative estimate of drug-likeness (QED) is 0.810. The first kappa shape index (κ1) is 18.4. The Morgan fingerprint density at radius 1 is 1.12 bits per heavy atom. The zero-order valence-electron chi connectivity index (χ0n) is 16.0. The SMILES string of the molecule is Cc1csc(CN2CCC(N3CCCC(C(=O)N4CCCC4)C3)CC2)n1. The van der Waals surface area contributed by atoms with E-state index in [2.05, 4.69) is 32.0 Å². The van der Waals surface area contributed by atoms with Crippen LogP contribution >= 0.6 is 11.3 Å². The predicted octanol–water partition coefficient (Wildman–Crippen LogP) is 2.75. The standard InChI is InChI=1S/C20H32N4OS/c1-16-15-26-19(21-16)14-22-11-6-18(7-12-22)24-10-4-5-17(13-24)20(25)23-8-2-3-9-23/h15,17-18H,2-14H2,1H3. The molecule has 0 spiro atoms. The molecule has 144 valence electrons. The van der Waals surface area contributed by atoms with E-state index in [-0.39, 0.29) is 5.92 Å². The zero-order chi connectivity index (χ0) is 17.9. The van der Waals surface area contributed by atoms with E-state index in [1.54, 1.807) is 11.3 Å². The molecule has 3 fully saturated rings. The average Bonchev–Trinajstić information content (AvgIpc) is 3.34. The van der Waals surface area contributed by atoms with Crippen LogP contribution < -0.4 is 0 Å². The summed E-state index contributed by atoms with van der Waals surface area (Å²) in [5.41, 5.74) is 1.14. The number of piperidine rings is 2. The molecule has 1 atom stereocenters. The normalized spacial score (nSPS) is 26.5. The highest BCUT2D eigenvalue weighted by molar-refractivity contribution is 7.09. The Morgan fingerprint density at radius 2 is 1.88 bits per heavy atom. The van der Waals surface area contributed by atoms with Crippen molar-refractivity contribution < 1.29 is 4.79 Å². The molecule has 5 nitrogen and oxygen atoms in total. The van der Waals surface area contributed by atoms with E-state index in [1.807, 2.05) is 0 Å². The molecule has 0 aliphatic carbocycles. The van der Waals surface area contributed by atoms with Gasteiger partial charge in [-0.15, -0.1) is 11.3 Å². The van der Waals surface area contributed by atoms with Gasteiger partial charge in [-0.25, -0.2) is 4.98 Å². The van der Waals surface area contributed by atoms with Crippen LogP contribution in [0.2, 0.25) is 0 Å². The van der Waals surface area contributed by atoms with E-state index in [0.717, 1.165) is 51.4 Å². The number of hydrogen-bond acceptors (Lipinski definition) is 5. The molecule has 1 amide bonds. The van der Waals surface area contributed by atoms with Crippen LogP contribution in [0.15, 0.2) is 5.38 Å². The first-order chi connectivity index (χ1) is 12.7. The summed E-state index contributed by atoms with van der Waals surface area (Å²) in [7, 11) is 0. The van der Waals surface area contributed by atoms with Crippen molar-refractivity contribution in [2.24, 2.45) is 5.92 Å². The Morgan fingerprint density at radius 3 is 2.58 bits per heavy atom. The minimum Gasteiger partial charge on any atom is -0.342 e. The lowest BCUT2D eigenvalue weighted by atomic mass is 9.93. The number of carbonyl (C=O) groups is 1. The Kier molecular flexibility index (Phi) is 5.91. The molecule has 0 N–H and O–H groups in total. The summed E-state index contributed by atoms with van der Waals surface area (Å²) in [5.74, 6) is 0.682. The molecule has 0 bridgehead atoms. The molecule has 0 radical (unpaired) electrons. The Hall–Kier alpha value is -0.980. The number of nitrogens with zero attached hydrogens (tertiary/aromatic N) is 4. The van der Waals surface area contributed by atoms with Crippen molar-refractivity contribution in [2.45, 2.75) is 58.0 Å².